The van der Waals surface area contributed by atoms with Crippen LogP contribution in [0, 0.1) is 0 Å². The fourth-order valence-electron chi connectivity index (χ4n) is 3.32. The van der Waals surface area contributed by atoms with Crippen molar-refractivity contribution in [2.45, 2.75) is 31.9 Å². The molecule has 0 radical (unpaired) electrons. The van der Waals surface area contributed by atoms with Crippen molar-refractivity contribution in [3.8, 4) is 0 Å². The van der Waals surface area contributed by atoms with E-state index < -0.39 is 0 Å². The molecule has 1 unspecified atom stereocenters. The summed E-state index contributed by atoms with van der Waals surface area (Å²) in [6, 6.07) is 12.5. The lowest BCUT2D eigenvalue weighted by atomic mass is 10.2. The number of aliphatic imine (C=N–C) groups is 1. The predicted molar refractivity (Wildman–Crippen MR) is 129 cm³/mol. The third-order valence-corrected chi connectivity index (χ3v) is 4.91. The molecule has 1 atom stereocenters. The van der Waals surface area contributed by atoms with Gasteiger partial charge < -0.3 is 24.3 Å². The molecular formula is C22H33IN4O2. The van der Waals surface area contributed by atoms with Gasteiger partial charge in [-0.05, 0) is 42.7 Å². The minimum absolute atomic E-state index is 0. The summed E-state index contributed by atoms with van der Waals surface area (Å²) in [4.78, 5) is 9.14. The number of hydrogen-bond donors (Lipinski definition) is 1. The highest BCUT2D eigenvalue weighted by molar-refractivity contribution is 14.0. The molecular weight excluding hydrogens is 479 g/mol. The van der Waals surface area contributed by atoms with Gasteiger partial charge in [-0.15, -0.1) is 24.0 Å². The molecule has 2 heterocycles. The summed E-state index contributed by atoms with van der Waals surface area (Å²) >= 11 is 0. The van der Waals surface area contributed by atoms with E-state index in [4.69, 9.17) is 14.1 Å². The lowest BCUT2D eigenvalue weighted by molar-refractivity contribution is 0.117. The van der Waals surface area contributed by atoms with Crippen LogP contribution in [0.1, 0.15) is 24.2 Å². The second-order valence-corrected chi connectivity index (χ2v) is 7.48. The van der Waals surface area contributed by atoms with Gasteiger partial charge in [-0.1, -0.05) is 12.1 Å². The Labute approximate surface area is 191 Å². The number of ether oxygens (including phenoxy) is 1. The van der Waals surface area contributed by atoms with Crippen LogP contribution in [0.5, 0.6) is 0 Å². The minimum Gasteiger partial charge on any atom is -0.469 e. The summed E-state index contributed by atoms with van der Waals surface area (Å²) in [7, 11) is 6.21. The molecule has 160 valence electrons. The normalized spacial score (nSPS) is 16.4. The van der Waals surface area contributed by atoms with Crippen molar-refractivity contribution in [1.82, 2.24) is 10.2 Å². The van der Waals surface area contributed by atoms with Crippen LogP contribution in [0.3, 0.4) is 0 Å². The first-order valence-electron chi connectivity index (χ1n) is 10.0. The number of halogens is 1. The molecule has 0 aliphatic carbocycles. The number of benzene rings is 1. The van der Waals surface area contributed by atoms with Crippen molar-refractivity contribution < 1.29 is 9.15 Å². The SMILES string of the molecule is CN(Cc1cccc(N(C)C)c1)C(=NCC1CCCO1)NCCc1ccco1.I. The molecule has 1 aromatic heterocycles. The van der Waals surface area contributed by atoms with E-state index in [1.165, 1.54) is 11.3 Å². The molecule has 7 heteroatoms. The van der Waals surface area contributed by atoms with Gasteiger partial charge in [0, 0.05) is 52.9 Å². The van der Waals surface area contributed by atoms with E-state index in [9.17, 15) is 0 Å². The van der Waals surface area contributed by atoms with E-state index in [1.54, 1.807) is 6.26 Å². The van der Waals surface area contributed by atoms with Gasteiger partial charge in [0.25, 0.3) is 0 Å². The summed E-state index contributed by atoms with van der Waals surface area (Å²) in [5.41, 5.74) is 2.46. The smallest absolute Gasteiger partial charge is 0.194 e. The number of hydrogen-bond acceptors (Lipinski definition) is 4. The molecule has 1 aromatic carbocycles. The van der Waals surface area contributed by atoms with Crippen LogP contribution < -0.4 is 10.2 Å². The van der Waals surface area contributed by atoms with E-state index in [0.29, 0.717) is 6.54 Å². The minimum atomic E-state index is 0. The first kappa shape index (κ1) is 23.5. The quantitative estimate of drug-likeness (QED) is 0.332. The van der Waals surface area contributed by atoms with Crippen molar-refractivity contribution in [2.75, 3.05) is 45.7 Å². The predicted octanol–water partition coefficient (Wildman–Crippen LogP) is 3.76. The standard InChI is InChI=1S/C22H32N4O2.HI/c1-25(2)19-8-4-7-18(15-19)17-26(3)22(24-16-21-10-6-14-28-21)23-12-11-20-9-5-13-27-20;/h4-5,7-9,13,15,21H,6,10-12,14,16-17H2,1-3H3,(H,23,24);1H. The van der Waals surface area contributed by atoms with Crippen LogP contribution in [0.15, 0.2) is 52.1 Å². The zero-order valence-electron chi connectivity index (χ0n) is 17.6. The highest BCUT2D eigenvalue weighted by Crippen LogP contribution is 2.15. The molecule has 2 aromatic rings. The Bertz CT molecular complexity index is 743. The number of anilines is 1. The highest BCUT2D eigenvalue weighted by Gasteiger charge is 2.16. The lowest BCUT2D eigenvalue weighted by Gasteiger charge is -2.24. The fourth-order valence-corrected chi connectivity index (χ4v) is 3.32. The van der Waals surface area contributed by atoms with Crippen LogP contribution in [-0.4, -0.2) is 57.8 Å². The van der Waals surface area contributed by atoms with Gasteiger partial charge in [-0.3, -0.25) is 4.99 Å². The molecule has 1 aliphatic heterocycles. The molecule has 6 nitrogen and oxygen atoms in total. The molecule has 1 N–H and O–H groups in total. The maximum Gasteiger partial charge on any atom is 0.194 e. The van der Waals surface area contributed by atoms with Gasteiger partial charge in [0.15, 0.2) is 5.96 Å². The number of nitrogens with one attached hydrogen (secondary N) is 1. The van der Waals surface area contributed by atoms with Crippen molar-refractivity contribution >= 4 is 35.6 Å². The van der Waals surface area contributed by atoms with E-state index in [2.05, 4.69) is 60.5 Å². The molecule has 1 aliphatic rings. The average molecular weight is 512 g/mol. The van der Waals surface area contributed by atoms with Gasteiger partial charge in [0.2, 0.25) is 0 Å². The van der Waals surface area contributed by atoms with Crippen molar-refractivity contribution in [3.05, 3.63) is 54.0 Å². The lowest BCUT2D eigenvalue weighted by Crippen LogP contribution is -2.40. The van der Waals surface area contributed by atoms with Crippen molar-refractivity contribution in [1.29, 1.82) is 0 Å². The van der Waals surface area contributed by atoms with Gasteiger partial charge >= 0.3 is 0 Å². The van der Waals surface area contributed by atoms with Crippen LogP contribution in [0.2, 0.25) is 0 Å². The largest absolute Gasteiger partial charge is 0.469 e. The summed E-state index contributed by atoms with van der Waals surface area (Å²) in [6.45, 7) is 3.12. The van der Waals surface area contributed by atoms with Crippen molar-refractivity contribution in [3.63, 3.8) is 0 Å². The second kappa shape index (κ2) is 12.1. The van der Waals surface area contributed by atoms with E-state index in [0.717, 1.165) is 50.7 Å². The fraction of sp³-hybridized carbons (Fsp3) is 0.500. The Morgan fingerprint density at radius 3 is 2.76 bits per heavy atom. The van der Waals surface area contributed by atoms with Crippen molar-refractivity contribution in [2.24, 2.45) is 4.99 Å². The van der Waals surface area contributed by atoms with Gasteiger partial charge in [-0.25, -0.2) is 0 Å². The number of rotatable bonds is 8. The van der Waals surface area contributed by atoms with Crippen LogP contribution in [-0.2, 0) is 17.7 Å². The number of furan rings is 1. The topological polar surface area (TPSA) is 53.2 Å². The summed E-state index contributed by atoms with van der Waals surface area (Å²) in [5, 5.41) is 3.49. The molecule has 1 saturated heterocycles. The number of nitrogens with zero attached hydrogens (tertiary/aromatic N) is 3. The van der Waals surface area contributed by atoms with Gasteiger partial charge in [0.1, 0.15) is 5.76 Å². The zero-order valence-corrected chi connectivity index (χ0v) is 20.0. The zero-order chi connectivity index (χ0) is 19.8. The third-order valence-electron chi connectivity index (χ3n) is 4.91. The third kappa shape index (κ3) is 7.54. The number of guanidine groups is 1. The first-order chi connectivity index (χ1) is 13.6. The molecule has 3 rings (SSSR count). The maximum absolute atomic E-state index is 5.73. The Kier molecular flexibility index (Phi) is 9.80. The van der Waals surface area contributed by atoms with Crippen LogP contribution in [0.4, 0.5) is 5.69 Å². The summed E-state index contributed by atoms with van der Waals surface area (Å²) in [6.07, 6.45) is 5.01. The van der Waals surface area contributed by atoms with Gasteiger partial charge in [-0.2, -0.15) is 0 Å². The van der Waals surface area contributed by atoms with E-state index in [1.807, 2.05) is 12.1 Å². The Morgan fingerprint density at radius 2 is 2.07 bits per heavy atom. The maximum atomic E-state index is 5.73. The second-order valence-electron chi connectivity index (χ2n) is 7.48. The summed E-state index contributed by atoms with van der Waals surface area (Å²) < 4.78 is 11.2. The molecule has 0 bridgehead atoms. The van der Waals surface area contributed by atoms with Gasteiger partial charge in [0.05, 0.1) is 18.9 Å². The monoisotopic (exact) mass is 512 g/mol. The van der Waals surface area contributed by atoms with Crippen LogP contribution in [0.25, 0.3) is 0 Å². The Balaban J connectivity index is 0.00000300. The summed E-state index contributed by atoms with van der Waals surface area (Å²) in [5.74, 6) is 1.88. The molecule has 0 spiro atoms. The van der Waals surface area contributed by atoms with E-state index >= 15 is 0 Å². The first-order valence-corrected chi connectivity index (χ1v) is 10.0. The Hall–Kier alpha value is -1.74. The molecule has 0 amide bonds. The highest BCUT2D eigenvalue weighted by atomic mass is 127. The van der Waals surface area contributed by atoms with Crippen LogP contribution >= 0.6 is 24.0 Å². The van der Waals surface area contributed by atoms with E-state index in [-0.39, 0.29) is 30.1 Å². The molecule has 1 fully saturated rings. The Morgan fingerprint density at radius 1 is 1.21 bits per heavy atom. The molecule has 0 saturated carbocycles. The average Bonchev–Trinajstić information content (AvgIpc) is 3.38. The molecule has 29 heavy (non-hydrogen) atoms.